The lowest BCUT2D eigenvalue weighted by Crippen LogP contribution is -2.38. The lowest BCUT2D eigenvalue weighted by atomic mass is 9.93. The molecule has 0 saturated heterocycles. The summed E-state index contributed by atoms with van der Waals surface area (Å²) < 4.78 is 11.3. The Balaban J connectivity index is 1.43. The summed E-state index contributed by atoms with van der Waals surface area (Å²) in [4.78, 5) is 33.5. The Morgan fingerprint density at radius 3 is 2.48 bits per heavy atom. The maximum absolute atomic E-state index is 13.6. The van der Waals surface area contributed by atoms with Crippen LogP contribution in [0.15, 0.2) is 112 Å². The monoisotopic (exact) mass is 553 g/mol. The molecule has 2 unspecified atom stereocenters. The number of allylic oxidation sites excluding steroid dienone is 1. The number of carbonyl (C=O) groups is 2. The van der Waals surface area contributed by atoms with Crippen molar-refractivity contribution in [3.8, 4) is 5.75 Å². The van der Waals surface area contributed by atoms with E-state index >= 15 is 0 Å². The van der Waals surface area contributed by atoms with Gasteiger partial charge in [0, 0.05) is 5.70 Å². The smallest absolute Gasteiger partial charge is 0.338 e. The van der Waals surface area contributed by atoms with E-state index in [1.165, 1.54) is 11.8 Å². The van der Waals surface area contributed by atoms with Crippen LogP contribution in [0, 0.1) is 0 Å². The molecule has 5 rings (SSSR count). The number of nitrogens with one attached hydrogen (secondary N) is 1. The van der Waals surface area contributed by atoms with Gasteiger partial charge in [0.1, 0.15) is 12.4 Å². The second-order valence-electron chi connectivity index (χ2n) is 9.61. The van der Waals surface area contributed by atoms with Crippen molar-refractivity contribution in [3.05, 3.63) is 124 Å². The van der Waals surface area contributed by atoms with Gasteiger partial charge in [-0.1, -0.05) is 84.6 Å². The molecule has 2 aliphatic rings. The van der Waals surface area contributed by atoms with Gasteiger partial charge in [-0.15, -0.1) is 0 Å². The van der Waals surface area contributed by atoms with E-state index in [-0.39, 0.29) is 25.0 Å². The van der Waals surface area contributed by atoms with E-state index in [0.29, 0.717) is 22.2 Å². The highest BCUT2D eigenvalue weighted by Crippen LogP contribution is 2.45. The number of amidine groups is 1. The fraction of sp³-hybridized carbons (Fsp3) is 0.219. The number of esters is 1. The minimum atomic E-state index is -0.536. The van der Waals surface area contributed by atoms with E-state index in [0.717, 1.165) is 22.4 Å². The molecule has 0 spiro atoms. The number of fused-ring (bicyclic) bond motifs is 1. The van der Waals surface area contributed by atoms with Gasteiger partial charge in [-0.05, 0) is 48.1 Å². The molecule has 8 heteroatoms. The Kier molecular flexibility index (Phi) is 8.36. The standard InChI is InChI=1S/C32H31N3O4S/c1-21(24-13-8-5-9-14-24)33-28(36)18-26-20-40-32-34-22(2)29(31(37)39-19-23-11-6-4-7-12-23)30(35(26)32)25-15-10-16-27(17-25)38-3/h4-17,20-21,30H,18-19H2,1-3H3,(H,33,36). The average Bonchev–Trinajstić information content (AvgIpc) is 3.37. The number of carbonyl (C=O) groups excluding carboxylic acids is 2. The fourth-order valence-corrected chi connectivity index (χ4v) is 5.80. The van der Waals surface area contributed by atoms with E-state index in [9.17, 15) is 9.59 Å². The lowest BCUT2D eigenvalue weighted by molar-refractivity contribution is -0.141. The van der Waals surface area contributed by atoms with Crippen LogP contribution in [-0.4, -0.2) is 29.1 Å². The summed E-state index contributed by atoms with van der Waals surface area (Å²) >= 11 is 1.44. The van der Waals surface area contributed by atoms with Gasteiger partial charge >= 0.3 is 5.97 Å². The zero-order valence-electron chi connectivity index (χ0n) is 22.7. The second kappa shape index (κ2) is 12.3. The molecule has 1 amide bonds. The van der Waals surface area contributed by atoms with Crippen LogP contribution in [0.1, 0.15) is 49.0 Å². The van der Waals surface area contributed by atoms with Crippen molar-refractivity contribution in [2.45, 2.75) is 39.0 Å². The average molecular weight is 554 g/mol. The van der Waals surface area contributed by atoms with Crippen LogP contribution >= 0.6 is 11.8 Å². The molecular weight excluding hydrogens is 522 g/mol. The van der Waals surface area contributed by atoms with Crippen molar-refractivity contribution < 1.29 is 19.1 Å². The fourth-order valence-electron chi connectivity index (χ4n) is 4.84. The van der Waals surface area contributed by atoms with Gasteiger partial charge in [0.05, 0.1) is 36.9 Å². The van der Waals surface area contributed by atoms with Crippen molar-refractivity contribution in [2.75, 3.05) is 7.11 Å². The normalized spacial score (nSPS) is 17.0. The Morgan fingerprint density at radius 1 is 1.02 bits per heavy atom. The van der Waals surface area contributed by atoms with Crippen LogP contribution in [0.3, 0.4) is 0 Å². The van der Waals surface area contributed by atoms with Gasteiger partial charge in [0.2, 0.25) is 5.91 Å². The molecule has 204 valence electrons. The number of nitrogens with zero attached hydrogens (tertiary/aromatic N) is 2. The van der Waals surface area contributed by atoms with E-state index < -0.39 is 12.0 Å². The Morgan fingerprint density at radius 2 is 1.75 bits per heavy atom. The van der Waals surface area contributed by atoms with Gasteiger partial charge in [-0.2, -0.15) is 0 Å². The molecule has 1 N–H and O–H groups in total. The highest BCUT2D eigenvalue weighted by atomic mass is 32.2. The van der Waals surface area contributed by atoms with Crippen LogP contribution in [0.25, 0.3) is 0 Å². The summed E-state index contributed by atoms with van der Waals surface area (Å²) in [7, 11) is 1.61. The number of rotatable bonds is 9. The molecule has 2 heterocycles. The summed E-state index contributed by atoms with van der Waals surface area (Å²) in [5, 5.41) is 5.74. The van der Waals surface area contributed by atoms with Gasteiger partial charge in [-0.3, -0.25) is 4.79 Å². The molecule has 0 radical (unpaired) electrons. The molecule has 0 saturated carbocycles. The van der Waals surface area contributed by atoms with E-state index in [1.807, 2.05) is 109 Å². The number of benzene rings is 3. The molecular formula is C32H31N3O4S. The van der Waals surface area contributed by atoms with Crippen molar-refractivity contribution in [1.82, 2.24) is 10.2 Å². The van der Waals surface area contributed by atoms with Crippen molar-refractivity contribution >= 4 is 28.8 Å². The van der Waals surface area contributed by atoms with Crippen molar-refractivity contribution in [3.63, 3.8) is 0 Å². The van der Waals surface area contributed by atoms with Crippen molar-refractivity contribution in [2.24, 2.45) is 4.99 Å². The number of methoxy groups -OCH3 is 1. The zero-order valence-corrected chi connectivity index (χ0v) is 23.5. The van der Waals surface area contributed by atoms with Crippen molar-refractivity contribution in [1.29, 1.82) is 0 Å². The molecule has 0 bridgehead atoms. The molecule has 2 atom stereocenters. The third kappa shape index (κ3) is 5.97. The summed E-state index contributed by atoms with van der Waals surface area (Å²) in [6.07, 6.45) is 0.134. The third-order valence-electron chi connectivity index (χ3n) is 6.86. The number of thioether (sulfide) groups is 1. The quantitative estimate of drug-likeness (QED) is 0.314. The predicted molar refractivity (Wildman–Crippen MR) is 157 cm³/mol. The topological polar surface area (TPSA) is 80.2 Å². The first kappa shape index (κ1) is 27.3. The van der Waals surface area contributed by atoms with Gasteiger partial charge in [0.25, 0.3) is 0 Å². The highest BCUT2D eigenvalue weighted by Gasteiger charge is 2.41. The molecule has 2 aliphatic heterocycles. The molecule has 3 aromatic rings. The summed E-state index contributed by atoms with van der Waals surface area (Å²) in [5.41, 5.74) is 4.54. The molecule has 0 fully saturated rings. The van der Waals surface area contributed by atoms with Gasteiger partial charge in [0.15, 0.2) is 5.17 Å². The number of aliphatic imine (C=N–C) groups is 1. The van der Waals surface area contributed by atoms with Crippen LogP contribution in [0.5, 0.6) is 5.75 Å². The number of hydrogen-bond acceptors (Lipinski definition) is 7. The van der Waals surface area contributed by atoms with E-state index in [4.69, 9.17) is 14.5 Å². The van der Waals surface area contributed by atoms with Crippen LogP contribution in [-0.2, 0) is 20.9 Å². The zero-order chi connectivity index (χ0) is 28.1. The lowest BCUT2D eigenvalue weighted by Gasteiger charge is -2.36. The van der Waals surface area contributed by atoms with Gasteiger partial charge < -0.3 is 19.7 Å². The second-order valence-corrected chi connectivity index (χ2v) is 10.4. The van der Waals surface area contributed by atoms with Crippen LogP contribution in [0.2, 0.25) is 0 Å². The Bertz CT molecular complexity index is 1480. The predicted octanol–water partition coefficient (Wildman–Crippen LogP) is 6.28. The first-order valence-corrected chi connectivity index (χ1v) is 14.0. The van der Waals surface area contributed by atoms with E-state index in [2.05, 4.69) is 5.32 Å². The largest absolute Gasteiger partial charge is 0.497 e. The summed E-state index contributed by atoms with van der Waals surface area (Å²) in [6, 6.07) is 26.3. The molecule has 3 aromatic carbocycles. The molecule has 0 aliphatic carbocycles. The Hall–Kier alpha value is -4.30. The first-order chi connectivity index (χ1) is 19.4. The number of amides is 1. The summed E-state index contributed by atoms with van der Waals surface area (Å²) in [6.45, 7) is 3.93. The Labute approximate surface area is 238 Å². The highest BCUT2D eigenvalue weighted by molar-refractivity contribution is 8.16. The third-order valence-corrected chi connectivity index (χ3v) is 7.75. The summed E-state index contributed by atoms with van der Waals surface area (Å²) in [5.74, 6) is 0.103. The molecule has 7 nitrogen and oxygen atoms in total. The maximum atomic E-state index is 13.6. The van der Waals surface area contributed by atoms with Gasteiger partial charge in [-0.25, -0.2) is 9.79 Å². The minimum Gasteiger partial charge on any atom is -0.497 e. The number of ether oxygens (including phenoxy) is 2. The SMILES string of the molecule is COc1cccc(C2C(C(=O)OCc3ccccc3)=C(C)N=C3SC=C(CC(=O)NC(C)c4ccccc4)N32)c1. The van der Waals surface area contributed by atoms with E-state index in [1.54, 1.807) is 7.11 Å². The maximum Gasteiger partial charge on any atom is 0.338 e. The number of hydrogen-bond donors (Lipinski definition) is 1. The molecule has 40 heavy (non-hydrogen) atoms. The van der Waals surface area contributed by atoms with Crippen LogP contribution in [0.4, 0.5) is 0 Å². The van der Waals surface area contributed by atoms with Crippen LogP contribution < -0.4 is 10.1 Å². The molecule has 0 aromatic heterocycles. The minimum absolute atomic E-state index is 0.117. The first-order valence-electron chi connectivity index (χ1n) is 13.1.